The van der Waals surface area contributed by atoms with Gasteiger partial charge in [0.1, 0.15) is 0 Å². The molecule has 1 amide bonds. The number of hydrogen-bond acceptors (Lipinski definition) is 5. The van der Waals surface area contributed by atoms with Gasteiger partial charge in [0.2, 0.25) is 0 Å². The van der Waals surface area contributed by atoms with Gasteiger partial charge >= 0.3 is 0 Å². The minimum Gasteiger partial charge on any atom is -0.389 e. The molecule has 1 aromatic carbocycles. The van der Waals surface area contributed by atoms with Gasteiger partial charge in [-0.15, -0.1) is 0 Å². The summed E-state index contributed by atoms with van der Waals surface area (Å²) in [5, 5.41) is 24.1. The number of likely N-dealkylation sites (tertiary alicyclic amines) is 1. The van der Waals surface area contributed by atoms with Crippen molar-refractivity contribution in [1.29, 1.82) is 0 Å². The SMILES string of the molecule is O=C(c1ccn(-c2cccc([N+](=O)[O-])c2)n1)N1CC(O)C1. The van der Waals surface area contributed by atoms with Gasteiger partial charge in [-0.3, -0.25) is 14.9 Å². The number of carbonyl (C=O) groups is 1. The van der Waals surface area contributed by atoms with Gasteiger partial charge in [-0.05, 0) is 12.1 Å². The molecule has 8 heteroatoms. The Bertz CT molecular complexity index is 706. The van der Waals surface area contributed by atoms with Crippen LogP contribution in [0.2, 0.25) is 0 Å². The number of non-ortho nitro benzene ring substituents is 1. The van der Waals surface area contributed by atoms with Crippen molar-refractivity contribution >= 4 is 11.6 Å². The summed E-state index contributed by atoms with van der Waals surface area (Å²) < 4.78 is 1.41. The molecule has 1 N–H and O–H groups in total. The van der Waals surface area contributed by atoms with E-state index in [0.29, 0.717) is 18.8 Å². The van der Waals surface area contributed by atoms with E-state index in [9.17, 15) is 20.0 Å². The summed E-state index contributed by atoms with van der Waals surface area (Å²) in [7, 11) is 0. The average molecular weight is 288 g/mol. The van der Waals surface area contributed by atoms with Crippen LogP contribution in [0.15, 0.2) is 36.5 Å². The van der Waals surface area contributed by atoms with Gasteiger partial charge in [0, 0.05) is 31.4 Å². The highest BCUT2D eigenvalue weighted by molar-refractivity contribution is 5.92. The van der Waals surface area contributed by atoms with Crippen molar-refractivity contribution in [2.45, 2.75) is 6.10 Å². The minimum atomic E-state index is -0.486. The molecule has 0 spiro atoms. The van der Waals surface area contributed by atoms with E-state index in [-0.39, 0.29) is 17.3 Å². The second-order valence-corrected chi connectivity index (χ2v) is 4.79. The second-order valence-electron chi connectivity index (χ2n) is 4.79. The van der Waals surface area contributed by atoms with E-state index in [1.54, 1.807) is 24.4 Å². The Labute approximate surface area is 119 Å². The highest BCUT2D eigenvalue weighted by atomic mass is 16.6. The summed E-state index contributed by atoms with van der Waals surface area (Å²) in [5.74, 6) is -0.260. The van der Waals surface area contributed by atoms with Gasteiger partial charge in [0.25, 0.3) is 11.6 Å². The maximum Gasteiger partial charge on any atom is 0.274 e. The topological polar surface area (TPSA) is 102 Å². The summed E-state index contributed by atoms with van der Waals surface area (Å²) in [6.07, 6.45) is 1.11. The molecule has 0 bridgehead atoms. The number of rotatable bonds is 3. The normalized spacial score (nSPS) is 14.8. The average Bonchev–Trinajstić information content (AvgIpc) is 2.93. The number of aromatic nitrogens is 2. The zero-order chi connectivity index (χ0) is 15.0. The third kappa shape index (κ3) is 2.48. The van der Waals surface area contributed by atoms with Crippen LogP contribution < -0.4 is 0 Å². The fourth-order valence-electron chi connectivity index (χ4n) is 2.11. The Morgan fingerprint density at radius 3 is 2.81 bits per heavy atom. The lowest BCUT2D eigenvalue weighted by Gasteiger charge is -2.35. The van der Waals surface area contributed by atoms with Crippen LogP contribution in [0.4, 0.5) is 5.69 Å². The number of amides is 1. The fraction of sp³-hybridized carbons (Fsp3) is 0.231. The maximum absolute atomic E-state index is 12.0. The van der Waals surface area contributed by atoms with E-state index in [1.807, 2.05) is 0 Å². The summed E-state index contributed by atoms with van der Waals surface area (Å²) >= 11 is 0. The summed E-state index contributed by atoms with van der Waals surface area (Å²) in [5.41, 5.74) is 0.710. The Hall–Kier alpha value is -2.74. The molecule has 1 fully saturated rings. The van der Waals surface area contributed by atoms with Gasteiger partial charge in [0.05, 0.1) is 16.7 Å². The maximum atomic E-state index is 12.0. The molecule has 1 aromatic heterocycles. The smallest absolute Gasteiger partial charge is 0.274 e. The first kappa shape index (κ1) is 13.3. The highest BCUT2D eigenvalue weighted by Crippen LogP contribution is 2.17. The molecule has 0 saturated carbocycles. The summed E-state index contributed by atoms with van der Waals surface area (Å²) in [4.78, 5) is 23.8. The number of aliphatic hydroxyl groups excluding tert-OH is 1. The minimum absolute atomic E-state index is 0.0401. The summed E-state index contributed by atoms with van der Waals surface area (Å²) in [6.45, 7) is 0.616. The van der Waals surface area contributed by atoms with Gasteiger partial charge in [-0.1, -0.05) is 6.07 Å². The van der Waals surface area contributed by atoms with Gasteiger partial charge in [-0.25, -0.2) is 4.68 Å². The number of benzene rings is 1. The van der Waals surface area contributed by atoms with E-state index in [1.165, 1.54) is 21.7 Å². The fourth-order valence-corrected chi connectivity index (χ4v) is 2.11. The summed E-state index contributed by atoms with van der Waals surface area (Å²) in [6, 6.07) is 7.55. The zero-order valence-electron chi connectivity index (χ0n) is 10.9. The first-order valence-electron chi connectivity index (χ1n) is 6.32. The van der Waals surface area contributed by atoms with Gasteiger partial charge in [-0.2, -0.15) is 5.10 Å². The molecule has 2 heterocycles. The number of hydrogen-bond donors (Lipinski definition) is 1. The molecular formula is C13H12N4O4. The van der Waals surface area contributed by atoms with Crippen molar-refractivity contribution in [2.75, 3.05) is 13.1 Å². The lowest BCUT2D eigenvalue weighted by atomic mass is 10.1. The molecule has 108 valence electrons. The van der Waals surface area contributed by atoms with E-state index in [4.69, 9.17) is 0 Å². The first-order valence-corrected chi connectivity index (χ1v) is 6.32. The largest absolute Gasteiger partial charge is 0.389 e. The molecule has 0 atom stereocenters. The van der Waals surface area contributed by atoms with Crippen LogP contribution >= 0.6 is 0 Å². The van der Waals surface area contributed by atoms with E-state index in [0.717, 1.165) is 0 Å². The monoisotopic (exact) mass is 288 g/mol. The van der Waals surface area contributed by atoms with Gasteiger partial charge < -0.3 is 10.0 Å². The Morgan fingerprint density at radius 2 is 2.14 bits per heavy atom. The zero-order valence-corrected chi connectivity index (χ0v) is 10.9. The van der Waals surface area contributed by atoms with Crippen molar-refractivity contribution in [3.63, 3.8) is 0 Å². The van der Waals surface area contributed by atoms with Crippen LogP contribution in [0.3, 0.4) is 0 Å². The molecule has 0 radical (unpaired) electrons. The number of nitrogens with zero attached hydrogens (tertiary/aromatic N) is 4. The van der Waals surface area contributed by atoms with E-state index in [2.05, 4.69) is 5.10 Å². The van der Waals surface area contributed by atoms with Crippen LogP contribution in [0.1, 0.15) is 10.5 Å². The van der Waals surface area contributed by atoms with E-state index < -0.39 is 11.0 Å². The van der Waals surface area contributed by atoms with Crippen molar-refractivity contribution in [1.82, 2.24) is 14.7 Å². The number of nitro groups is 1. The number of nitro benzene ring substituents is 1. The molecule has 8 nitrogen and oxygen atoms in total. The molecular weight excluding hydrogens is 276 g/mol. The third-order valence-corrected chi connectivity index (χ3v) is 3.26. The lowest BCUT2D eigenvalue weighted by Crippen LogP contribution is -2.53. The predicted molar refractivity (Wildman–Crippen MR) is 72.1 cm³/mol. The van der Waals surface area contributed by atoms with Crippen molar-refractivity contribution in [3.05, 3.63) is 52.3 Å². The Kier molecular flexibility index (Phi) is 3.15. The van der Waals surface area contributed by atoms with Crippen molar-refractivity contribution in [2.24, 2.45) is 0 Å². The van der Waals surface area contributed by atoms with Crippen LogP contribution in [0, 0.1) is 10.1 Å². The second kappa shape index (κ2) is 4.98. The third-order valence-electron chi connectivity index (χ3n) is 3.26. The molecule has 1 aliphatic heterocycles. The number of β-amino-alcohol motifs (C(OH)–C–C–N with tert-alkyl or cyclic N) is 1. The van der Waals surface area contributed by atoms with Crippen LogP contribution in [-0.2, 0) is 0 Å². The van der Waals surface area contributed by atoms with Crippen molar-refractivity contribution in [3.8, 4) is 5.69 Å². The highest BCUT2D eigenvalue weighted by Gasteiger charge is 2.30. The quantitative estimate of drug-likeness (QED) is 0.658. The lowest BCUT2D eigenvalue weighted by molar-refractivity contribution is -0.384. The molecule has 3 rings (SSSR count). The molecule has 21 heavy (non-hydrogen) atoms. The molecule has 1 aliphatic rings. The van der Waals surface area contributed by atoms with Gasteiger partial charge in [0.15, 0.2) is 5.69 Å². The number of aliphatic hydroxyl groups is 1. The van der Waals surface area contributed by atoms with Crippen LogP contribution in [0.5, 0.6) is 0 Å². The molecule has 1 saturated heterocycles. The standard InChI is InChI=1S/C13H12N4O4/c18-11-7-15(8-11)13(19)12-4-5-16(14-12)9-2-1-3-10(6-9)17(20)21/h1-6,11,18H,7-8H2. The molecule has 0 unspecified atom stereocenters. The Morgan fingerprint density at radius 1 is 1.38 bits per heavy atom. The van der Waals surface area contributed by atoms with Crippen LogP contribution in [-0.4, -0.2) is 49.8 Å². The van der Waals surface area contributed by atoms with E-state index >= 15 is 0 Å². The Balaban J connectivity index is 1.83. The van der Waals surface area contributed by atoms with Crippen molar-refractivity contribution < 1.29 is 14.8 Å². The predicted octanol–water partition coefficient (Wildman–Crippen LogP) is 0.597. The van der Waals surface area contributed by atoms with Crippen LogP contribution in [0.25, 0.3) is 5.69 Å². The molecule has 0 aliphatic carbocycles. The molecule has 2 aromatic rings. The first-order chi connectivity index (χ1) is 10.0. The number of carbonyl (C=O) groups excluding carboxylic acids is 1.